The number of benzene rings is 1. The minimum atomic E-state index is -2.56. The number of carbonyl (C=O) groups excluding carboxylic acids is 1. The zero-order chi connectivity index (χ0) is 10.7. The summed E-state index contributed by atoms with van der Waals surface area (Å²) in [6, 6.07) is 4.26. The molecule has 0 fully saturated rings. The number of carbonyl (C=O) groups is 1. The summed E-state index contributed by atoms with van der Waals surface area (Å²) in [5.41, 5.74) is 0.204. The molecule has 1 aromatic rings. The van der Waals surface area contributed by atoms with E-state index in [1.165, 1.54) is 12.1 Å². The van der Waals surface area contributed by atoms with Crippen molar-refractivity contribution in [2.24, 2.45) is 0 Å². The first-order valence-electron chi connectivity index (χ1n) is 4.17. The van der Waals surface area contributed by atoms with Gasteiger partial charge >= 0.3 is 0 Å². The molecule has 4 heteroatoms. The van der Waals surface area contributed by atoms with Gasteiger partial charge in [0.25, 0.3) is 6.43 Å². The number of hydrogen-bond donors (Lipinski definition) is 0. The van der Waals surface area contributed by atoms with Crippen LogP contribution >= 0.6 is 15.9 Å². The SMILES string of the molecule is CCC(=O)c1ccc(Br)c(C(F)F)c1. The minimum absolute atomic E-state index is 0.126. The largest absolute Gasteiger partial charge is 0.294 e. The maximum absolute atomic E-state index is 12.4. The monoisotopic (exact) mass is 262 g/mol. The summed E-state index contributed by atoms with van der Waals surface area (Å²) in [6.07, 6.45) is -2.24. The van der Waals surface area contributed by atoms with Gasteiger partial charge in [-0.3, -0.25) is 4.79 Å². The van der Waals surface area contributed by atoms with Crippen LogP contribution in [0.5, 0.6) is 0 Å². The fraction of sp³-hybridized carbons (Fsp3) is 0.300. The molecule has 14 heavy (non-hydrogen) atoms. The second-order valence-corrected chi connectivity index (χ2v) is 3.67. The summed E-state index contributed by atoms with van der Waals surface area (Å²) in [4.78, 5) is 11.2. The van der Waals surface area contributed by atoms with Crippen LogP contribution < -0.4 is 0 Å². The number of ketones is 1. The summed E-state index contributed by atoms with van der Waals surface area (Å²) in [5.74, 6) is -0.126. The number of alkyl halides is 2. The molecule has 1 aromatic carbocycles. The fourth-order valence-electron chi connectivity index (χ4n) is 1.09. The highest BCUT2D eigenvalue weighted by Crippen LogP contribution is 2.28. The van der Waals surface area contributed by atoms with E-state index in [1.807, 2.05) is 0 Å². The summed E-state index contributed by atoms with van der Waals surface area (Å²) >= 11 is 3.01. The lowest BCUT2D eigenvalue weighted by atomic mass is 10.1. The van der Waals surface area contributed by atoms with Crippen LogP contribution in [0.2, 0.25) is 0 Å². The van der Waals surface area contributed by atoms with Crippen molar-refractivity contribution in [3.63, 3.8) is 0 Å². The molecule has 0 unspecified atom stereocenters. The van der Waals surface area contributed by atoms with Gasteiger partial charge in [-0.05, 0) is 12.1 Å². The number of halogens is 3. The van der Waals surface area contributed by atoms with E-state index >= 15 is 0 Å². The van der Waals surface area contributed by atoms with E-state index in [0.29, 0.717) is 16.5 Å². The first kappa shape index (κ1) is 11.3. The molecule has 0 aliphatic heterocycles. The first-order valence-corrected chi connectivity index (χ1v) is 4.96. The minimum Gasteiger partial charge on any atom is -0.294 e. The molecular formula is C10H9BrF2O. The van der Waals surface area contributed by atoms with E-state index in [1.54, 1.807) is 13.0 Å². The second-order valence-electron chi connectivity index (χ2n) is 2.81. The van der Waals surface area contributed by atoms with Crippen LogP contribution in [0.4, 0.5) is 8.78 Å². The Labute approximate surface area is 89.3 Å². The van der Waals surface area contributed by atoms with Crippen molar-refractivity contribution in [3.8, 4) is 0 Å². The van der Waals surface area contributed by atoms with Gasteiger partial charge in [0.15, 0.2) is 5.78 Å². The molecule has 0 saturated carbocycles. The zero-order valence-electron chi connectivity index (χ0n) is 7.56. The van der Waals surface area contributed by atoms with Crippen molar-refractivity contribution >= 4 is 21.7 Å². The molecule has 1 nitrogen and oxygen atoms in total. The van der Waals surface area contributed by atoms with Gasteiger partial charge in [-0.15, -0.1) is 0 Å². The fourth-order valence-corrected chi connectivity index (χ4v) is 1.51. The van der Waals surface area contributed by atoms with Gasteiger partial charge in [0.2, 0.25) is 0 Å². The molecule has 0 aliphatic carbocycles. The van der Waals surface area contributed by atoms with Crippen molar-refractivity contribution < 1.29 is 13.6 Å². The molecular weight excluding hydrogens is 254 g/mol. The third kappa shape index (κ3) is 2.38. The Morgan fingerprint density at radius 1 is 1.50 bits per heavy atom. The highest BCUT2D eigenvalue weighted by Gasteiger charge is 2.13. The van der Waals surface area contributed by atoms with Gasteiger partial charge in [-0.1, -0.05) is 28.9 Å². The van der Waals surface area contributed by atoms with Gasteiger partial charge in [0.05, 0.1) is 0 Å². The quantitative estimate of drug-likeness (QED) is 0.754. The van der Waals surface area contributed by atoms with Gasteiger partial charge in [0.1, 0.15) is 0 Å². The summed E-state index contributed by atoms with van der Waals surface area (Å²) in [7, 11) is 0. The number of hydrogen-bond acceptors (Lipinski definition) is 1. The van der Waals surface area contributed by atoms with Crippen LogP contribution in [0.25, 0.3) is 0 Å². The van der Waals surface area contributed by atoms with Gasteiger partial charge in [-0.2, -0.15) is 0 Å². The molecule has 0 saturated heterocycles. The average molecular weight is 263 g/mol. The topological polar surface area (TPSA) is 17.1 Å². The molecule has 0 N–H and O–H groups in total. The lowest BCUT2D eigenvalue weighted by Gasteiger charge is -2.05. The smallest absolute Gasteiger partial charge is 0.264 e. The van der Waals surface area contributed by atoms with Crippen molar-refractivity contribution in [2.75, 3.05) is 0 Å². The predicted molar refractivity (Wildman–Crippen MR) is 53.7 cm³/mol. The highest BCUT2D eigenvalue weighted by molar-refractivity contribution is 9.10. The Bertz CT molecular complexity index is 350. The van der Waals surface area contributed by atoms with E-state index in [4.69, 9.17) is 0 Å². The normalized spacial score (nSPS) is 10.6. The summed E-state index contributed by atoms with van der Waals surface area (Å²) in [6.45, 7) is 1.70. The molecule has 0 radical (unpaired) electrons. The molecule has 0 aliphatic rings. The van der Waals surface area contributed by atoms with Crippen molar-refractivity contribution in [1.82, 2.24) is 0 Å². The standard InChI is InChI=1S/C10H9BrF2O/c1-2-9(14)6-3-4-8(11)7(5-6)10(12)13/h3-5,10H,2H2,1H3. The Morgan fingerprint density at radius 2 is 2.14 bits per heavy atom. The van der Waals surface area contributed by atoms with Gasteiger partial charge < -0.3 is 0 Å². The van der Waals surface area contributed by atoms with Crippen molar-refractivity contribution in [2.45, 2.75) is 19.8 Å². The van der Waals surface area contributed by atoms with E-state index < -0.39 is 6.43 Å². The van der Waals surface area contributed by atoms with Crippen molar-refractivity contribution in [3.05, 3.63) is 33.8 Å². The van der Waals surface area contributed by atoms with Gasteiger partial charge in [0, 0.05) is 22.0 Å². The lowest BCUT2D eigenvalue weighted by molar-refractivity contribution is 0.0987. The molecule has 0 heterocycles. The van der Waals surface area contributed by atoms with Crippen molar-refractivity contribution in [1.29, 1.82) is 0 Å². The Balaban J connectivity index is 3.13. The van der Waals surface area contributed by atoms with E-state index in [0.717, 1.165) is 0 Å². The Kier molecular flexibility index (Phi) is 3.75. The lowest BCUT2D eigenvalue weighted by Crippen LogP contribution is -1.98. The second kappa shape index (κ2) is 4.64. The van der Waals surface area contributed by atoms with Crippen LogP contribution in [0, 0.1) is 0 Å². The molecule has 0 spiro atoms. The Morgan fingerprint density at radius 3 is 2.64 bits per heavy atom. The van der Waals surface area contributed by atoms with Crippen LogP contribution in [-0.4, -0.2) is 5.78 Å². The average Bonchev–Trinajstić information content (AvgIpc) is 2.17. The Hall–Kier alpha value is -0.770. The van der Waals surface area contributed by atoms with Crippen LogP contribution in [-0.2, 0) is 0 Å². The van der Waals surface area contributed by atoms with Crippen LogP contribution in [0.3, 0.4) is 0 Å². The summed E-state index contributed by atoms with van der Waals surface area (Å²) in [5, 5.41) is 0. The maximum Gasteiger partial charge on any atom is 0.264 e. The molecule has 0 aromatic heterocycles. The van der Waals surface area contributed by atoms with Gasteiger partial charge in [-0.25, -0.2) is 8.78 Å². The number of Topliss-reactive ketones (excluding diaryl/α,β-unsaturated/α-hetero) is 1. The molecule has 0 bridgehead atoms. The zero-order valence-corrected chi connectivity index (χ0v) is 9.14. The van der Waals surface area contributed by atoms with Crippen LogP contribution in [0.1, 0.15) is 35.7 Å². The molecule has 0 amide bonds. The maximum atomic E-state index is 12.4. The van der Waals surface area contributed by atoms with E-state index in [2.05, 4.69) is 15.9 Å². The molecule has 1 rings (SSSR count). The highest BCUT2D eigenvalue weighted by atomic mass is 79.9. The predicted octanol–water partition coefficient (Wildman–Crippen LogP) is 3.98. The molecule has 76 valence electrons. The third-order valence-corrected chi connectivity index (χ3v) is 2.60. The third-order valence-electron chi connectivity index (χ3n) is 1.87. The first-order chi connectivity index (χ1) is 6.56. The van der Waals surface area contributed by atoms with E-state index in [-0.39, 0.29) is 11.3 Å². The van der Waals surface area contributed by atoms with Crippen LogP contribution in [0.15, 0.2) is 22.7 Å². The van der Waals surface area contributed by atoms with E-state index in [9.17, 15) is 13.6 Å². The summed E-state index contributed by atoms with van der Waals surface area (Å²) < 4.78 is 25.2. The number of rotatable bonds is 3. The molecule has 0 atom stereocenters.